The third kappa shape index (κ3) is 1.85. The Morgan fingerprint density at radius 2 is 2.20 bits per heavy atom. The highest BCUT2D eigenvalue weighted by Gasteiger charge is 2.14. The van der Waals surface area contributed by atoms with E-state index >= 15 is 0 Å². The maximum Gasteiger partial charge on any atom is 0.152 e. The van der Waals surface area contributed by atoms with Crippen LogP contribution in [-0.2, 0) is 0 Å². The normalized spacial score (nSPS) is 10.6. The van der Waals surface area contributed by atoms with Gasteiger partial charge in [0, 0.05) is 10.5 Å². The first-order chi connectivity index (χ1) is 7.09. The molecule has 0 aliphatic carbocycles. The molecule has 78 valence electrons. The van der Waals surface area contributed by atoms with Crippen LogP contribution in [0.15, 0.2) is 22.7 Å². The van der Waals surface area contributed by atoms with Crippen LogP contribution < -0.4 is 5.73 Å². The quantitative estimate of drug-likeness (QED) is 0.792. The Morgan fingerprint density at radius 3 is 2.80 bits per heavy atom. The monoisotopic (exact) mass is 289 g/mol. The van der Waals surface area contributed by atoms with Crippen molar-refractivity contribution in [3.63, 3.8) is 0 Å². The van der Waals surface area contributed by atoms with E-state index in [1.54, 1.807) is 12.1 Å². The molecule has 3 N–H and O–H groups in total. The number of nitrogen functional groups attached to an aromatic ring is 1. The summed E-state index contributed by atoms with van der Waals surface area (Å²) in [5.41, 5.74) is 6.25. The molecular weight excluding hydrogens is 284 g/mol. The van der Waals surface area contributed by atoms with Crippen molar-refractivity contribution in [1.29, 1.82) is 0 Å². The molecule has 0 saturated heterocycles. The van der Waals surface area contributed by atoms with Gasteiger partial charge in [0.2, 0.25) is 0 Å². The Kier molecular flexibility index (Phi) is 2.67. The number of hydrogen-bond donors (Lipinski definition) is 2. The summed E-state index contributed by atoms with van der Waals surface area (Å²) in [5.74, 6) is -0.203. The number of nitrogens with two attached hydrogens (primary N) is 1. The molecule has 0 spiro atoms. The number of hydrogen-bond acceptors (Lipinski definition) is 2. The van der Waals surface area contributed by atoms with E-state index < -0.39 is 5.82 Å². The standard InChI is InChI=1S/C9H6BrClFN3/c10-4-1-2-5(11)9(12)8(4)6-3-7(13)15-14-6/h1-3H,(H3,13,14,15). The van der Waals surface area contributed by atoms with E-state index in [1.165, 1.54) is 6.07 Å². The first-order valence-electron chi connectivity index (χ1n) is 4.04. The van der Waals surface area contributed by atoms with Gasteiger partial charge in [-0.25, -0.2) is 4.39 Å². The van der Waals surface area contributed by atoms with Crippen molar-refractivity contribution in [2.24, 2.45) is 0 Å². The van der Waals surface area contributed by atoms with Crippen molar-refractivity contribution >= 4 is 33.3 Å². The maximum atomic E-state index is 13.7. The van der Waals surface area contributed by atoms with E-state index in [1.807, 2.05) is 0 Å². The number of halogens is 3. The Hall–Kier alpha value is -1.07. The van der Waals surface area contributed by atoms with E-state index in [2.05, 4.69) is 26.1 Å². The Balaban J connectivity index is 2.66. The summed E-state index contributed by atoms with van der Waals surface area (Å²) in [6.07, 6.45) is 0. The molecule has 0 bridgehead atoms. The van der Waals surface area contributed by atoms with Crippen molar-refractivity contribution in [2.45, 2.75) is 0 Å². The van der Waals surface area contributed by atoms with Crippen LogP contribution in [0.3, 0.4) is 0 Å². The smallest absolute Gasteiger partial charge is 0.152 e. The fourth-order valence-electron chi connectivity index (χ4n) is 1.24. The van der Waals surface area contributed by atoms with Crippen LogP contribution in [-0.4, -0.2) is 10.2 Å². The number of nitrogens with one attached hydrogen (secondary N) is 1. The molecule has 0 atom stereocenters. The summed E-state index contributed by atoms with van der Waals surface area (Å²) in [6.45, 7) is 0. The van der Waals surface area contributed by atoms with Crippen LogP contribution >= 0.6 is 27.5 Å². The van der Waals surface area contributed by atoms with E-state index in [0.717, 1.165) is 0 Å². The molecule has 0 unspecified atom stereocenters. The lowest BCUT2D eigenvalue weighted by molar-refractivity contribution is 0.630. The van der Waals surface area contributed by atoms with Crippen LogP contribution in [0, 0.1) is 5.82 Å². The number of H-pyrrole nitrogens is 1. The molecule has 0 fully saturated rings. The summed E-state index contributed by atoms with van der Waals surface area (Å²) in [4.78, 5) is 0. The molecule has 0 aliphatic heterocycles. The minimum Gasteiger partial charge on any atom is -0.382 e. The summed E-state index contributed by atoms with van der Waals surface area (Å²) in [5, 5.41) is 6.41. The fraction of sp³-hybridized carbons (Fsp3) is 0. The lowest BCUT2D eigenvalue weighted by Gasteiger charge is -2.04. The molecule has 1 aromatic heterocycles. The second-order valence-electron chi connectivity index (χ2n) is 2.92. The van der Waals surface area contributed by atoms with Gasteiger partial charge < -0.3 is 5.73 Å². The second-order valence-corrected chi connectivity index (χ2v) is 4.19. The van der Waals surface area contributed by atoms with E-state index in [0.29, 0.717) is 21.5 Å². The van der Waals surface area contributed by atoms with Gasteiger partial charge in [-0.1, -0.05) is 11.6 Å². The molecule has 0 saturated carbocycles. The van der Waals surface area contributed by atoms with Crippen molar-refractivity contribution in [1.82, 2.24) is 10.2 Å². The van der Waals surface area contributed by atoms with Gasteiger partial charge in [0.15, 0.2) is 5.82 Å². The van der Waals surface area contributed by atoms with E-state index in [9.17, 15) is 4.39 Å². The third-order valence-electron chi connectivity index (χ3n) is 1.91. The molecule has 15 heavy (non-hydrogen) atoms. The molecule has 6 heteroatoms. The van der Waals surface area contributed by atoms with Gasteiger partial charge in [0.1, 0.15) is 5.82 Å². The van der Waals surface area contributed by atoms with Gasteiger partial charge in [-0.05, 0) is 28.1 Å². The zero-order valence-electron chi connectivity index (χ0n) is 7.39. The lowest BCUT2D eigenvalue weighted by Crippen LogP contribution is -1.88. The Bertz CT molecular complexity index is 512. The Labute approximate surface area is 98.6 Å². The fourth-order valence-corrected chi connectivity index (χ4v) is 1.92. The van der Waals surface area contributed by atoms with Crippen molar-refractivity contribution in [3.05, 3.63) is 33.5 Å². The topological polar surface area (TPSA) is 54.7 Å². The molecule has 1 heterocycles. The van der Waals surface area contributed by atoms with Gasteiger partial charge in [0.25, 0.3) is 0 Å². The molecule has 3 nitrogen and oxygen atoms in total. The highest BCUT2D eigenvalue weighted by atomic mass is 79.9. The first kappa shape index (κ1) is 10.4. The minimum atomic E-state index is -0.505. The second kappa shape index (κ2) is 3.83. The number of nitrogens with zero attached hydrogens (tertiary/aromatic N) is 1. The van der Waals surface area contributed by atoms with Crippen LogP contribution in [0.4, 0.5) is 10.2 Å². The van der Waals surface area contributed by atoms with Gasteiger partial charge in [-0.3, -0.25) is 5.10 Å². The predicted molar refractivity (Wildman–Crippen MR) is 61.1 cm³/mol. The molecule has 0 aliphatic rings. The van der Waals surface area contributed by atoms with Crippen LogP contribution in [0.5, 0.6) is 0 Å². The number of aromatic nitrogens is 2. The maximum absolute atomic E-state index is 13.7. The SMILES string of the molecule is Nc1cc(-c2c(Br)ccc(Cl)c2F)[nH]n1. The molecular formula is C9H6BrClFN3. The summed E-state index contributed by atoms with van der Waals surface area (Å²) in [7, 11) is 0. The number of anilines is 1. The number of aromatic amines is 1. The molecule has 2 rings (SSSR count). The van der Waals surface area contributed by atoms with Crippen molar-refractivity contribution < 1.29 is 4.39 Å². The van der Waals surface area contributed by atoms with Gasteiger partial charge in [-0.2, -0.15) is 5.10 Å². The highest BCUT2D eigenvalue weighted by molar-refractivity contribution is 9.10. The average Bonchev–Trinajstić information content (AvgIpc) is 2.59. The predicted octanol–water partition coefficient (Wildman–Crippen LogP) is 3.21. The molecule has 2 aromatic rings. The lowest BCUT2D eigenvalue weighted by atomic mass is 10.1. The first-order valence-corrected chi connectivity index (χ1v) is 5.21. The zero-order chi connectivity index (χ0) is 11.0. The molecule has 0 amide bonds. The van der Waals surface area contributed by atoms with Crippen molar-refractivity contribution in [2.75, 3.05) is 5.73 Å². The van der Waals surface area contributed by atoms with Crippen LogP contribution in [0.1, 0.15) is 0 Å². The van der Waals surface area contributed by atoms with Gasteiger partial charge in [0.05, 0.1) is 16.3 Å². The summed E-state index contributed by atoms with van der Waals surface area (Å²) >= 11 is 8.92. The summed E-state index contributed by atoms with van der Waals surface area (Å²) in [6, 6.07) is 4.68. The largest absolute Gasteiger partial charge is 0.382 e. The van der Waals surface area contributed by atoms with Crippen LogP contribution in [0.25, 0.3) is 11.3 Å². The zero-order valence-corrected chi connectivity index (χ0v) is 9.73. The Morgan fingerprint density at radius 1 is 1.47 bits per heavy atom. The van der Waals surface area contributed by atoms with Crippen molar-refractivity contribution in [3.8, 4) is 11.3 Å². The highest BCUT2D eigenvalue weighted by Crippen LogP contribution is 2.33. The van der Waals surface area contributed by atoms with Gasteiger partial charge >= 0.3 is 0 Å². The van der Waals surface area contributed by atoms with Crippen LogP contribution in [0.2, 0.25) is 5.02 Å². The summed E-state index contributed by atoms with van der Waals surface area (Å²) < 4.78 is 14.3. The molecule has 1 aromatic carbocycles. The third-order valence-corrected chi connectivity index (χ3v) is 2.86. The number of rotatable bonds is 1. The van der Waals surface area contributed by atoms with E-state index in [-0.39, 0.29) is 5.02 Å². The minimum absolute atomic E-state index is 0.0568. The average molecular weight is 291 g/mol. The van der Waals surface area contributed by atoms with Gasteiger partial charge in [-0.15, -0.1) is 0 Å². The van der Waals surface area contributed by atoms with E-state index in [4.69, 9.17) is 17.3 Å². The molecule has 0 radical (unpaired) electrons. The number of benzene rings is 1.